The van der Waals surface area contributed by atoms with Crippen molar-refractivity contribution in [2.45, 2.75) is 6.92 Å². The summed E-state index contributed by atoms with van der Waals surface area (Å²) >= 11 is 0. The molecule has 0 amide bonds. The first-order valence-electron chi connectivity index (χ1n) is 8.40. The Kier molecular flexibility index (Phi) is 4.08. The smallest absolute Gasteiger partial charge is 0.221 e. The number of pyridine rings is 1. The van der Waals surface area contributed by atoms with Gasteiger partial charge in [-0.25, -0.2) is 9.97 Å². The summed E-state index contributed by atoms with van der Waals surface area (Å²) in [6, 6.07) is 14.3. The first-order valence-corrected chi connectivity index (χ1v) is 8.40. The lowest BCUT2D eigenvalue weighted by Gasteiger charge is -2.09. The number of aromatic hydroxyl groups is 1. The van der Waals surface area contributed by atoms with Crippen LogP contribution >= 0.6 is 0 Å². The van der Waals surface area contributed by atoms with Crippen LogP contribution in [0.4, 0.5) is 0 Å². The van der Waals surface area contributed by atoms with Crippen molar-refractivity contribution < 1.29 is 14.6 Å². The normalized spacial score (nSPS) is 10.9. The van der Waals surface area contributed by atoms with Crippen molar-refractivity contribution in [2.75, 3.05) is 7.11 Å². The molecule has 2 aromatic heterocycles. The molecule has 4 rings (SSSR count). The van der Waals surface area contributed by atoms with Gasteiger partial charge in [0.2, 0.25) is 5.88 Å². The van der Waals surface area contributed by atoms with E-state index in [1.807, 2.05) is 18.2 Å². The number of H-pyrrole nitrogens is 1. The number of hydrogen-bond acceptors (Lipinski definition) is 5. The van der Waals surface area contributed by atoms with Gasteiger partial charge in [0.15, 0.2) is 5.78 Å². The van der Waals surface area contributed by atoms with Gasteiger partial charge in [0.1, 0.15) is 11.6 Å². The van der Waals surface area contributed by atoms with Gasteiger partial charge in [-0.05, 0) is 55.0 Å². The van der Waals surface area contributed by atoms with Crippen LogP contribution in [0.3, 0.4) is 0 Å². The summed E-state index contributed by atoms with van der Waals surface area (Å²) < 4.78 is 5.33. The molecule has 0 bridgehead atoms. The summed E-state index contributed by atoms with van der Waals surface area (Å²) in [4.78, 5) is 23.5. The number of phenols is 1. The number of methoxy groups -OCH3 is 1. The Morgan fingerprint density at radius 3 is 2.74 bits per heavy atom. The highest BCUT2D eigenvalue weighted by molar-refractivity contribution is 5.97. The largest absolute Gasteiger partial charge is 0.507 e. The highest BCUT2D eigenvalue weighted by Gasteiger charge is 2.14. The molecule has 0 atom stereocenters. The van der Waals surface area contributed by atoms with Crippen molar-refractivity contribution in [3.05, 3.63) is 60.3 Å². The summed E-state index contributed by atoms with van der Waals surface area (Å²) in [6.45, 7) is 1.52. The van der Waals surface area contributed by atoms with Gasteiger partial charge in [-0.1, -0.05) is 6.07 Å². The van der Waals surface area contributed by atoms with Crippen LogP contribution in [0.1, 0.15) is 17.3 Å². The molecule has 6 heteroatoms. The third-order valence-electron chi connectivity index (χ3n) is 4.42. The fourth-order valence-electron chi connectivity index (χ4n) is 3.02. The quantitative estimate of drug-likeness (QED) is 0.533. The van der Waals surface area contributed by atoms with Crippen LogP contribution in [0.25, 0.3) is 33.5 Å². The number of carbonyl (C=O) groups excluding carboxylic acids is 1. The Balaban J connectivity index is 1.84. The van der Waals surface area contributed by atoms with Gasteiger partial charge in [0.25, 0.3) is 0 Å². The maximum atomic E-state index is 11.6. The van der Waals surface area contributed by atoms with E-state index in [4.69, 9.17) is 4.74 Å². The zero-order valence-corrected chi connectivity index (χ0v) is 14.9. The van der Waals surface area contributed by atoms with E-state index in [1.165, 1.54) is 6.92 Å². The van der Waals surface area contributed by atoms with Crippen molar-refractivity contribution in [1.29, 1.82) is 0 Å². The zero-order valence-electron chi connectivity index (χ0n) is 14.9. The molecule has 6 nitrogen and oxygen atoms in total. The lowest BCUT2D eigenvalue weighted by molar-refractivity contribution is 0.101. The summed E-state index contributed by atoms with van der Waals surface area (Å²) in [5.41, 5.74) is 4.28. The molecule has 2 aromatic carbocycles. The molecule has 2 N–H and O–H groups in total. The van der Waals surface area contributed by atoms with Gasteiger partial charge >= 0.3 is 0 Å². The minimum Gasteiger partial charge on any atom is -0.507 e. The van der Waals surface area contributed by atoms with E-state index < -0.39 is 0 Å². The minimum absolute atomic E-state index is 0.0124. The third-order valence-corrected chi connectivity index (χ3v) is 4.42. The van der Waals surface area contributed by atoms with E-state index in [0.717, 1.165) is 22.2 Å². The van der Waals surface area contributed by atoms with Crippen molar-refractivity contribution in [3.8, 4) is 34.1 Å². The second-order valence-electron chi connectivity index (χ2n) is 6.17. The van der Waals surface area contributed by atoms with E-state index in [1.54, 1.807) is 43.6 Å². The molecular formula is C21H17N3O3. The van der Waals surface area contributed by atoms with Crippen molar-refractivity contribution >= 4 is 16.8 Å². The average molecular weight is 359 g/mol. The fraction of sp³-hybridized carbons (Fsp3) is 0.0952. The first-order chi connectivity index (χ1) is 13.1. The number of benzene rings is 2. The van der Waals surface area contributed by atoms with Crippen LogP contribution < -0.4 is 4.74 Å². The number of aromatic nitrogens is 3. The number of aromatic amines is 1. The third kappa shape index (κ3) is 3.01. The van der Waals surface area contributed by atoms with Crippen molar-refractivity contribution in [1.82, 2.24) is 15.0 Å². The summed E-state index contributed by atoms with van der Waals surface area (Å²) in [7, 11) is 1.57. The predicted octanol–water partition coefficient (Wildman–Crippen LogP) is 4.21. The molecule has 0 spiro atoms. The fourth-order valence-corrected chi connectivity index (χ4v) is 3.02. The molecule has 0 saturated carbocycles. The highest BCUT2D eigenvalue weighted by Crippen LogP contribution is 2.35. The molecule has 0 saturated heterocycles. The second-order valence-corrected chi connectivity index (χ2v) is 6.17. The number of nitrogens with one attached hydrogen (secondary N) is 1. The summed E-state index contributed by atoms with van der Waals surface area (Å²) in [5, 5.41) is 10.4. The number of rotatable bonds is 4. The predicted molar refractivity (Wildman–Crippen MR) is 103 cm³/mol. The Bertz CT molecular complexity index is 1160. The monoisotopic (exact) mass is 359 g/mol. The molecule has 0 fully saturated rings. The van der Waals surface area contributed by atoms with Gasteiger partial charge in [0.05, 0.1) is 23.7 Å². The summed E-state index contributed by atoms with van der Waals surface area (Å²) in [5.74, 6) is 1.12. The lowest BCUT2D eigenvalue weighted by Crippen LogP contribution is -1.91. The number of fused-ring (bicyclic) bond motifs is 1. The zero-order chi connectivity index (χ0) is 19.0. The van der Waals surface area contributed by atoms with E-state index >= 15 is 0 Å². The van der Waals surface area contributed by atoms with Crippen LogP contribution in [0.2, 0.25) is 0 Å². The highest BCUT2D eigenvalue weighted by atomic mass is 16.5. The molecule has 0 radical (unpaired) electrons. The number of hydrogen-bond donors (Lipinski definition) is 2. The van der Waals surface area contributed by atoms with E-state index in [9.17, 15) is 9.90 Å². The SMILES string of the molecule is COc1ncccc1-c1ccc(O)c(-c2nc3ccc(C(C)=O)cc3[nH]2)c1. The van der Waals surface area contributed by atoms with Crippen LogP contribution in [-0.2, 0) is 0 Å². The van der Waals surface area contributed by atoms with Gasteiger partial charge < -0.3 is 14.8 Å². The second kappa shape index (κ2) is 6.57. The van der Waals surface area contributed by atoms with E-state index in [-0.39, 0.29) is 11.5 Å². The molecular weight excluding hydrogens is 342 g/mol. The molecule has 2 heterocycles. The van der Waals surface area contributed by atoms with E-state index in [0.29, 0.717) is 22.8 Å². The molecule has 4 aromatic rings. The maximum absolute atomic E-state index is 11.6. The summed E-state index contributed by atoms with van der Waals surface area (Å²) in [6.07, 6.45) is 1.66. The number of ketones is 1. The number of phenolic OH excluding ortho intramolecular Hbond substituents is 1. The molecule has 0 aliphatic heterocycles. The van der Waals surface area contributed by atoms with Crippen LogP contribution in [-0.4, -0.2) is 33.0 Å². The number of nitrogens with zero attached hydrogens (tertiary/aromatic N) is 2. The van der Waals surface area contributed by atoms with Crippen LogP contribution in [0.15, 0.2) is 54.7 Å². The Labute approximate surface area is 155 Å². The van der Waals surface area contributed by atoms with Gasteiger partial charge in [-0.2, -0.15) is 0 Å². The maximum Gasteiger partial charge on any atom is 0.221 e. The Morgan fingerprint density at radius 2 is 1.96 bits per heavy atom. The van der Waals surface area contributed by atoms with Gasteiger partial charge in [-0.15, -0.1) is 0 Å². The number of carbonyl (C=O) groups is 1. The molecule has 0 aliphatic rings. The molecule has 0 unspecified atom stereocenters. The number of imidazole rings is 1. The van der Waals surface area contributed by atoms with E-state index in [2.05, 4.69) is 15.0 Å². The van der Waals surface area contributed by atoms with Crippen LogP contribution in [0.5, 0.6) is 11.6 Å². The average Bonchev–Trinajstić information content (AvgIpc) is 3.11. The molecule has 0 aliphatic carbocycles. The van der Waals surface area contributed by atoms with Gasteiger partial charge in [-0.3, -0.25) is 4.79 Å². The number of Topliss-reactive ketones (excluding diaryl/α,β-unsaturated/α-hetero) is 1. The topological polar surface area (TPSA) is 88.1 Å². The Hall–Kier alpha value is -3.67. The van der Waals surface area contributed by atoms with Gasteiger partial charge in [0, 0.05) is 17.3 Å². The molecule has 134 valence electrons. The minimum atomic E-state index is -0.0124. The lowest BCUT2D eigenvalue weighted by atomic mass is 10.0. The molecule has 27 heavy (non-hydrogen) atoms. The van der Waals surface area contributed by atoms with Crippen LogP contribution in [0, 0.1) is 0 Å². The first kappa shape index (κ1) is 16.8. The van der Waals surface area contributed by atoms with Crippen molar-refractivity contribution in [3.63, 3.8) is 0 Å². The standard InChI is InChI=1S/C21H17N3O3/c1-12(25)13-5-7-17-18(11-13)24-20(23-17)16-10-14(6-8-19(16)26)15-4-3-9-22-21(15)27-2/h3-11,26H,1-2H3,(H,23,24). The Morgan fingerprint density at radius 1 is 1.11 bits per heavy atom. The number of ether oxygens (including phenoxy) is 1. The van der Waals surface area contributed by atoms with Crippen molar-refractivity contribution in [2.24, 2.45) is 0 Å².